The quantitative estimate of drug-likeness (QED) is 0.836. The van der Waals surface area contributed by atoms with Crippen molar-refractivity contribution in [3.05, 3.63) is 26.6 Å². The molecular weight excluding hydrogens is 376 g/mol. The van der Waals surface area contributed by atoms with Gasteiger partial charge in [0.25, 0.3) is 0 Å². The molecule has 0 spiro atoms. The molecule has 0 saturated heterocycles. The molecule has 1 amide bonds. The van der Waals surface area contributed by atoms with E-state index in [-0.39, 0.29) is 11.9 Å². The van der Waals surface area contributed by atoms with Crippen molar-refractivity contribution in [1.82, 2.24) is 10.2 Å². The monoisotopic (exact) mass is 392 g/mol. The number of halogens is 2. The first-order valence-electron chi connectivity index (χ1n) is 5.83. The number of hydrogen-bond acceptors (Lipinski definition) is 3. The molecule has 106 valence electrons. The van der Waals surface area contributed by atoms with Gasteiger partial charge in [-0.15, -0.1) is 0 Å². The van der Waals surface area contributed by atoms with Gasteiger partial charge in [0.05, 0.1) is 17.6 Å². The number of benzene rings is 1. The maximum atomic E-state index is 11.8. The second-order valence-electron chi connectivity index (χ2n) is 4.42. The molecule has 4 nitrogen and oxygen atoms in total. The van der Waals surface area contributed by atoms with E-state index in [1.807, 2.05) is 19.1 Å². The highest BCUT2D eigenvalue weighted by atomic mass is 79.9. The average Bonchev–Trinajstić information content (AvgIpc) is 2.34. The molecule has 1 rings (SSSR count). The zero-order chi connectivity index (χ0) is 14.6. The molecule has 1 aromatic carbocycles. The van der Waals surface area contributed by atoms with Gasteiger partial charge < -0.3 is 15.0 Å². The molecule has 0 heterocycles. The van der Waals surface area contributed by atoms with Crippen molar-refractivity contribution >= 4 is 37.8 Å². The minimum atomic E-state index is -0.238. The average molecular weight is 394 g/mol. The molecule has 1 N–H and O–H groups in total. The van der Waals surface area contributed by atoms with Crippen molar-refractivity contribution in [2.45, 2.75) is 19.5 Å². The number of amides is 1. The molecule has 0 aliphatic heterocycles. The first-order chi connectivity index (χ1) is 8.86. The van der Waals surface area contributed by atoms with E-state index in [1.54, 1.807) is 26.1 Å². The van der Waals surface area contributed by atoms with E-state index in [1.165, 1.54) is 0 Å². The maximum Gasteiger partial charge on any atom is 0.238 e. The van der Waals surface area contributed by atoms with Crippen LogP contribution in [0.2, 0.25) is 0 Å². The van der Waals surface area contributed by atoms with Gasteiger partial charge in [-0.3, -0.25) is 4.79 Å². The van der Waals surface area contributed by atoms with E-state index < -0.39 is 0 Å². The van der Waals surface area contributed by atoms with Crippen molar-refractivity contribution in [3.63, 3.8) is 0 Å². The molecule has 0 aliphatic carbocycles. The van der Waals surface area contributed by atoms with E-state index in [9.17, 15) is 4.79 Å². The van der Waals surface area contributed by atoms with Gasteiger partial charge in [0.1, 0.15) is 5.75 Å². The van der Waals surface area contributed by atoms with Crippen LogP contribution >= 0.6 is 31.9 Å². The molecule has 0 fully saturated rings. The summed E-state index contributed by atoms with van der Waals surface area (Å²) in [6, 6.07) is 3.66. The Labute approximate surface area is 130 Å². The number of carbonyl (C=O) groups excluding carboxylic acids is 1. The van der Waals surface area contributed by atoms with Crippen molar-refractivity contribution < 1.29 is 9.53 Å². The smallest absolute Gasteiger partial charge is 0.238 e. The first-order valence-corrected chi connectivity index (χ1v) is 7.41. The zero-order valence-electron chi connectivity index (χ0n) is 11.5. The van der Waals surface area contributed by atoms with Crippen molar-refractivity contribution in [3.8, 4) is 5.75 Å². The summed E-state index contributed by atoms with van der Waals surface area (Å²) >= 11 is 6.91. The van der Waals surface area contributed by atoms with Crippen molar-refractivity contribution in [2.24, 2.45) is 0 Å². The normalized spacial score (nSPS) is 12.1. The number of nitrogens with one attached hydrogen (secondary N) is 1. The first kappa shape index (κ1) is 16.5. The van der Waals surface area contributed by atoms with Crippen LogP contribution in [0.1, 0.15) is 12.5 Å². The Morgan fingerprint density at radius 2 is 2.05 bits per heavy atom. The molecule has 6 heteroatoms. The van der Waals surface area contributed by atoms with Gasteiger partial charge in [0.15, 0.2) is 0 Å². The second kappa shape index (κ2) is 7.26. The van der Waals surface area contributed by atoms with Crippen LogP contribution in [0.5, 0.6) is 5.75 Å². The van der Waals surface area contributed by atoms with E-state index in [0.717, 1.165) is 20.3 Å². The molecule has 0 aromatic heterocycles. The molecule has 19 heavy (non-hydrogen) atoms. The third-order valence-corrected chi connectivity index (χ3v) is 3.75. The van der Waals surface area contributed by atoms with Crippen LogP contribution in [0, 0.1) is 0 Å². The lowest BCUT2D eigenvalue weighted by Crippen LogP contribution is -2.41. The van der Waals surface area contributed by atoms with E-state index in [4.69, 9.17) is 4.74 Å². The fourth-order valence-electron chi connectivity index (χ4n) is 1.71. The van der Waals surface area contributed by atoms with E-state index in [2.05, 4.69) is 37.2 Å². The molecule has 1 aromatic rings. The Balaban J connectivity index is 2.80. The van der Waals surface area contributed by atoms with Gasteiger partial charge in [0, 0.05) is 30.7 Å². The number of carbonyl (C=O) groups is 1. The lowest BCUT2D eigenvalue weighted by Gasteiger charge is -2.19. The topological polar surface area (TPSA) is 41.6 Å². The predicted octanol–water partition coefficient (Wildman–Crippen LogP) is 2.79. The Morgan fingerprint density at radius 3 is 2.58 bits per heavy atom. The third kappa shape index (κ3) is 4.47. The summed E-state index contributed by atoms with van der Waals surface area (Å²) < 4.78 is 7.21. The van der Waals surface area contributed by atoms with Gasteiger partial charge in [-0.05, 0) is 35.0 Å². The standard InChI is InChI=1S/C13H18Br2N2O2/c1-8(13(18)17(2)3)16-7-9-5-10(14)6-11(15)12(9)19-4/h5-6,8,16H,7H2,1-4H3. The zero-order valence-corrected chi connectivity index (χ0v) is 14.6. The van der Waals surface area contributed by atoms with Gasteiger partial charge in [0.2, 0.25) is 5.91 Å². The highest BCUT2D eigenvalue weighted by Gasteiger charge is 2.16. The summed E-state index contributed by atoms with van der Waals surface area (Å²) in [6.07, 6.45) is 0. The number of ether oxygens (including phenoxy) is 1. The van der Waals surface area contributed by atoms with Crippen LogP contribution in [0.25, 0.3) is 0 Å². The lowest BCUT2D eigenvalue weighted by atomic mass is 10.2. The molecule has 0 saturated carbocycles. The summed E-state index contributed by atoms with van der Waals surface area (Å²) in [4.78, 5) is 13.3. The number of methoxy groups -OCH3 is 1. The SMILES string of the molecule is COc1c(Br)cc(Br)cc1CNC(C)C(=O)N(C)C. The van der Waals surface area contributed by atoms with Crippen LogP contribution in [0.15, 0.2) is 21.1 Å². The largest absolute Gasteiger partial charge is 0.495 e. The summed E-state index contributed by atoms with van der Waals surface area (Å²) in [5, 5.41) is 3.20. The number of likely N-dealkylation sites (N-methyl/N-ethyl adjacent to an activating group) is 1. The molecule has 1 unspecified atom stereocenters. The Bertz CT molecular complexity index is 464. The van der Waals surface area contributed by atoms with Crippen LogP contribution in [0.3, 0.4) is 0 Å². The van der Waals surface area contributed by atoms with E-state index in [0.29, 0.717) is 6.54 Å². The number of nitrogens with zero attached hydrogens (tertiary/aromatic N) is 1. The Hall–Kier alpha value is -0.590. The molecule has 1 atom stereocenters. The summed E-state index contributed by atoms with van der Waals surface area (Å²) in [5.41, 5.74) is 0.988. The van der Waals surface area contributed by atoms with Crippen LogP contribution in [-0.4, -0.2) is 38.1 Å². The second-order valence-corrected chi connectivity index (χ2v) is 6.19. The summed E-state index contributed by atoms with van der Waals surface area (Å²) in [6.45, 7) is 2.41. The van der Waals surface area contributed by atoms with Gasteiger partial charge in [-0.25, -0.2) is 0 Å². The fourth-order valence-corrected chi connectivity index (χ4v) is 3.19. The lowest BCUT2D eigenvalue weighted by molar-refractivity contribution is -0.130. The van der Waals surface area contributed by atoms with Crippen LogP contribution in [-0.2, 0) is 11.3 Å². The van der Waals surface area contributed by atoms with Crippen molar-refractivity contribution in [2.75, 3.05) is 21.2 Å². The fraction of sp³-hybridized carbons (Fsp3) is 0.462. The Kier molecular flexibility index (Phi) is 6.29. The van der Waals surface area contributed by atoms with Crippen LogP contribution < -0.4 is 10.1 Å². The highest BCUT2D eigenvalue weighted by Crippen LogP contribution is 2.32. The predicted molar refractivity (Wildman–Crippen MR) is 83.4 cm³/mol. The number of rotatable bonds is 5. The van der Waals surface area contributed by atoms with Gasteiger partial charge in [-0.1, -0.05) is 15.9 Å². The summed E-state index contributed by atoms with van der Waals surface area (Å²) in [7, 11) is 5.12. The van der Waals surface area contributed by atoms with Crippen molar-refractivity contribution in [1.29, 1.82) is 0 Å². The third-order valence-electron chi connectivity index (χ3n) is 2.70. The minimum Gasteiger partial charge on any atom is -0.495 e. The molecular formula is C13H18Br2N2O2. The number of hydrogen-bond donors (Lipinski definition) is 1. The molecule has 0 bridgehead atoms. The maximum absolute atomic E-state index is 11.8. The minimum absolute atomic E-state index is 0.0491. The Morgan fingerprint density at radius 1 is 1.42 bits per heavy atom. The molecule has 0 aliphatic rings. The summed E-state index contributed by atoms with van der Waals surface area (Å²) in [5.74, 6) is 0.827. The van der Waals surface area contributed by atoms with Gasteiger partial charge >= 0.3 is 0 Å². The van der Waals surface area contributed by atoms with Crippen LogP contribution in [0.4, 0.5) is 0 Å². The highest BCUT2D eigenvalue weighted by molar-refractivity contribution is 9.11. The van der Waals surface area contributed by atoms with E-state index >= 15 is 0 Å². The van der Waals surface area contributed by atoms with Gasteiger partial charge in [-0.2, -0.15) is 0 Å². The molecule has 0 radical (unpaired) electrons.